The first kappa shape index (κ1) is 12.4. The highest BCUT2D eigenvalue weighted by Gasteiger charge is 2.28. The Labute approximate surface area is 106 Å². The van der Waals surface area contributed by atoms with Gasteiger partial charge in [-0.3, -0.25) is 9.69 Å². The number of piperidine rings is 1. The van der Waals surface area contributed by atoms with Crippen molar-refractivity contribution in [2.75, 3.05) is 13.1 Å². The normalized spacial score (nSPS) is 18.9. The molecule has 1 aliphatic heterocycles. The van der Waals surface area contributed by atoms with Crippen LogP contribution in [0.25, 0.3) is 0 Å². The number of rotatable bonds is 3. The van der Waals surface area contributed by atoms with Crippen molar-refractivity contribution >= 4 is 17.6 Å². The lowest BCUT2D eigenvalue weighted by molar-refractivity contribution is -0.144. The summed E-state index contributed by atoms with van der Waals surface area (Å²) in [6, 6.07) is 6.58. The molecule has 0 aromatic heterocycles. The molecule has 1 atom stereocenters. The minimum absolute atomic E-state index is 0.561. The summed E-state index contributed by atoms with van der Waals surface area (Å²) in [6.45, 7) is 1.70. The zero-order chi connectivity index (χ0) is 12.3. The molecule has 0 radical (unpaired) electrons. The largest absolute Gasteiger partial charge is 0.480 e. The second kappa shape index (κ2) is 5.52. The van der Waals surface area contributed by atoms with Gasteiger partial charge >= 0.3 is 5.97 Å². The number of likely N-dealkylation sites (tertiary alicyclic amines) is 1. The number of nitrogens with zero attached hydrogens (tertiary/aromatic N) is 1. The highest BCUT2D eigenvalue weighted by Crippen LogP contribution is 2.26. The Balaban J connectivity index is 2.25. The molecule has 0 bridgehead atoms. The number of carbonyl (C=O) groups is 1. The van der Waals surface area contributed by atoms with Crippen LogP contribution in [0.2, 0.25) is 5.02 Å². The van der Waals surface area contributed by atoms with Crippen LogP contribution in [-0.4, -0.2) is 29.1 Å². The van der Waals surface area contributed by atoms with Crippen molar-refractivity contribution in [1.82, 2.24) is 4.90 Å². The van der Waals surface area contributed by atoms with Crippen LogP contribution in [0.15, 0.2) is 24.3 Å². The van der Waals surface area contributed by atoms with Gasteiger partial charge in [-0.15, -0.1) is 0 Å². The van der Waals surface area contributed by atoms with Gasteiger partial charge < -0.3 is 5.11 Å². The summed E-state index contributed by atoms with van der Waals surface area (Å²) in [5.74, 6) is -0.797. The molecule has 0 amide bonds. The van der Waals surface area contributed by atoms with Gasteiger partial charge in [0.05, 0.1) is 0 Å². The van der Waals surface area contributed by atoms with Crippen molar-refractivity contribution < 1.29 is 9.90 Å². The maximum Gasteiger partial charge on any atom is 0.325 e. The fraction of sp³-hybridized carbons (Fsp3) is 0.462. The van der Waals surface area contributed by atoms with Gasteiger partial charge in [-0.25, -0.2) is 0 Å². The van der Waals surface area contributed by atoms with Crippen molar-refractivity contribution in [3.05, 3.63) is 34.9 Å². The third-order valence-corrected chi connectivity index (χ3v) is 3.39. The first-order valence-electron chi connectivity index (χ1n) is 5.91. The maximum absolute atomic E-state index is 11.4. The molecule has 0 saturated carbocycles. The molecule has 1 heterocycles. The van der Waals surface area contributed by atoms with E-state index in [1.807, 2.05) is 11.0 Å². The predicted molar refractivity (Wildman–Crippen MR) is 67.3 cm³/mol. The molecule has 17 heavy (non-hydrogen) atoms. The quantitative estimate of drug-likeness (QED) is 0.900. The minimum Gasteiger partial charge on any atom is -0.480 e. The van der Waals surface area contributed by atoms with Gasteiger partial charge in [-0.05, 0) is 43.6 Å². The molecule has 1 aromatic carbocycles. The van der Waals surface area contributed by atoms with Gasteiger partial charge in [0.25, 0.3) is 0 Å². The van der Waals surface area contributed by atoms with Crippen LogP contribution in [0.3, 0.4) is 0 Å². The number of carboxylic acid groups (broad SMARTS) is 1. The van der Waals surface area contributed by atoms with Crippen molar-refractivity contribution in [3.8, 4) is 0 Å². The summed E-state index contributed by atoms with van der Waals surface area (Å²) < 4.78 is 0. The monoisotopic (exact) mass is 253 g/mol. The average molecular weight is 254 g/mol. The van der Waals surface area contributed by atoms with Crippen molar-refractivity contribution in [1.29, 1.82) is 0 Å². The van der Waals surface area contributed by atoms with Crippen LogP contribution in [-0.2, 0) is 4.79 Å². The lowest BCUT2D eigenvalue weighted by Gasteiger charge is -2.32. The second-order valence-electron chi connectivity index (χ2n) is 4.39. The van der Waals surface area contributed by atoms with Crippen molar-refractivity contribution in [2.24, 2.45) is 0 Å². The zero-order valence-electron chi connectivity index (χ0n) is 9.60. The molecular weight excluding hydrogens is 238 g/mol. The van der Waals surface area contributed by atoms with Gasteiger partial charge in [-0.1, -0.05) is 30.2 Å². The summed E-state index contributed by atoms with van der Waals surface area (Å²) in [6.07, 6.45) is 3.34. The molecule has 0 unspecified atom stereocenters. The summed E-state index contributed by atoms with van der Waals surface area (Å²) in [5, 5.41) is 9.97. The van der Waals surface area contributed by atoms with E-state index in [-0.39, 0.29) is 0 Å². The highest BCUT2D eigenvalue weighted by molar-refractivity contribution is 6.30. The van der Waals surface area contributed by atoms with Crippen LogP contribution in [0.4, 0.5) is 0 Å². The average Bonchev–Trinajstić information content (AvgIpc) is 2.30. The molecule has 3 nitrogen and oxygen atoms in total. The van der Waals surface area contributed by atoms with Crippen LogP contribution in [0.5, 0.6) is 0 Å². The van der Waals surface area contributed by atoms with E-state index in [0.717, 1.165) is 31.5 Å². The molecule has 92 valence electrons. The Morgan fingerprint density at radius 2 is 2.00 bits per heavy atom. The van der Waals surface area contributed by atoms with E-state index in [1.54, 1.807) is 18.2 Å². The molecule has 1 aliphatic rings. The third kappa shape index (κ3) is 2.99. The second-order valence-corrected chi connectivity index (χ2v) is 4.83. The fourth-order valence-corrected chi connectivity index (χ4v) is 2.56. The van der Waals surface area contributed by atoms with Crippen LogP contribution >= 0.6 is 11.6 Å². The van der Waals surface area contributed by atoms with Gasteiger partial charge in [0.15, 0.2) is 0 Å². The Morgan fingerprint density at radius 3 is 2.59 bits per heavy atom. The molecule has 1 N–H and O–H groups in total. The molecule has 0 spiro atoms. The van der Waals surface area contributed by atoms with E-state index < -0.39 is 12.0 Å². The fourth-order valence-electron chi connectivity index (χ4n) is 2.36. The number of carboxylic acids is 1. The molecule has 0 aliphatic carbocycles. The number of hydrogen-bond donors (Lipinski definition) is 1. The third-order valence-electron chi connectivity index (χ3n) is 3.15. The van der Waals surface area contributed by atoms with Crippen molar-refractivity contribution in [2.45, 2.75) is 25.3 Å². The van der Waals surface area contributed by atoms with Crippen LogP contribution in [0, 0.1) is 0 Å². The summed E-state index contributed by atoms with van der Waals surface area (Å²) in [7, 11) is 0. The van der Waals surface area contributed by atoms with Crippen molar-refractivity contribution in [3.63, 3.8) is 0 Å². The van der Waals surface area contributed by atoms with Crippen LogP contribution in [0.1, 0.15) is 30.9 Å². The zero-order valence-corrected chi connectivity index (χ0v) is 10.4. The van der Waals surface area contributed by atoms with E-state index in [0.29, 0.717) is 5.02 Å². The van der Waals surface area contributed by atoms with Crippen LogP contribution < -0.4 is 0 Å². The molecule has 4 heteroatoms. The van der Waals surface area contributed by atoms with Gasteiger partial charge in [0.1, 0.15) is 6.04 Å². The smallest absolute Gasteiger partial charge is 0.325 e. The molecular formula is C13H16ClNO2. The highest BCUT2D eigenvalue weighted by atomic mass is 35.5. The first-order chi connectivity index (χ1) is 8.18. The molecule has 2 rings (SSSR count). The van der Waals surface area contributed by atoms with E-state index >= 15 is 0 Å². The summed E-state index contributed by atoms with van der Waals surface area (Å²) in [4.78, 5) is 13.5. The van der Waals surface area contributed by atoms with E-state index in [4.69, 9.17) is 11.6 Å². The van der Waals surface area contributed by atoms with Gasteiger partial charge in [0.2, 0.25) is 0 Å². The number of benzene rings is 1. The minimum atomic E-state index is -0.797. The van der Waals surface area contributed by atoms with Gasteiger partial charge in [-0.2, -0.15) is 0 Å². The molecule has 1 aromatic rings. The lowest BCUT2D eigenvalue weighted by Crippen LogP contribution is -2.37. The van der Waals surface area contributed by atoms with E-state index in [9.17, 15) is 9.90 Å². The topological polar surface area (TPSA) is 40.5 Å². The van der Waals surface area contributed by atoms with E-state index in [2.05, 4.69) is 0 Å². The Morgan fingerprint density at radius 1 is 1.29 bits per heavy atom. The predicted octanol–water partition coefficient (Wildman–Crippen LogP) is 2.95. The SMILES string of the molecule is O=C(O)[C@H](c1cccc(Cl)c1)N1CCCCC1. The standard InChI is InChI=1S/C13H16ClNO2/c14-11-6-4-5-10(9-11)12(13(16)17)15-7-2-1-3-8-15/h4-6,9,12H,1-3,7-8H2,(H,16,17)/t12-/m0/s1. The lowest BCUT2D eigenvalue weighted by atomic mass is 10.0. The Bertz CT molecular complexity index is 402. The molecule has 1 fully saturated rings. The Hall–Kier alpha value is -1.06. The Kier molecular flexibility index (Phi) is 4.02. The number of hydrogen-bond acceptors (Lipinski definition) is 2. The number of aliphatic carboxylic acids is 1. The summed E-state index contributed by atoms with van der Waals surface area (Å²) >= 11 is 5.92. The van der Waals surface area contributed by atoms with Gasteiger partial charge in [0, 0.05) is 5.02 Å². The molecule has 1 saturated heterocycles. The van der Waals surface area contributed by atoms with E-state index in [1.165, 1.54) is 6.42 Å². The number of halogens is 1. The summed E-state index contributed by atoms with van der Waals surface area (Å²) in [5.41, 5.74) is 0.770. The maximum atomic E-state index is 11.4. The first-order valence-corrected chi connectivity index (χ1v) is 6.28.